The summed E-state index contributed by atoms with van der Waals surface area (Å²) in [6, 6.07) is 16.3. The number of alkyl halides is 6. The Bertz CT molecular complexity index is 3710. The molecule has 0 spiro atoms. The van der Waals surface area contributed by atoms with Gasteiger partial charge in [0.05, 0.1) is 55.1 Å². The van der Waals surface area contributed by atoms with Gasteiger partial charge >= 0.3 is 12.4 Å². The highest BCUT2D eigenvalue weighted by molar-refractivity contribution is 9.08. The molecular formula is C47H27BrF18N14S3. The molecule has 11 N–H and O–H groups in total. The maximum absolute atomic E-state index is 13.6. The minimum absolute atomic E-state index is 0.0110. The molecule has 83 heavy (non-hydrogen) atoms. The molecule has 0 radical (unpaired) electrons. The van der Waals surface area contributed by atoms with Crippen LogP contribution in [0.15, 0.2) is 101 Å². The highest BCUT2D eigenvalue weighted by atomic mass is 79.9. The van der Waals surface area contributed by atoms with E-state index in [1.807, 2.05) is 0 Å². The third-order valence-corrected chi connectivity index (χ3v) is 11.4. The molecule has 36 heteroatoms. The Labute approximate surface area is 473 Å². The van der Waals surface area contributed by atoms with Gasteiger partial charge in [-0.05, 0) is 72.8 Å². The number of hydrogen-bond acceptors (Lipinski definition) is 15. The predicted molar refractivity (Wildman–Crippen MR) is 273 cm³/mol. The molecule has 0 aliphatic heterocycles. The van der Waals surface area contributed by atoms with Gasteiger partial charge in [-0.15, -0.1) is 0 Å². The van der Waals surface area contributed by atoms with Crippen molar-refractivity contribution in [2.75, 3.05) is 17.2 Å². The van der Waals surface area contributed by atoms with Gasteiger partial charge in [0.2, 0.25) is 0 Å². The number of nitrogen functional groups attached to an aromatic ring is 4. The molecule has 3 heterocycles. The quantitative estimate of drug-likeness (QED) is 0.0534. The van der Waals surface area contributed by atoms with Gasteiger partial charge in [-0.25, -0.2) is 52.7 Å². The molecule has 6 aromatic carbocycles. The van der Waals surface area contributed by atoms with E-state index in [0.29, 0.717) is 35.2 Å². The average molecular weight is 1310 g/mol. The summed E-state index contributed by atoms with van der Waals surface area (Å²) in [5, 5.41) is 15.0. The Morgan fingerprint density at radius 3 is 1.12 bits per heavy atom. The van der Waals surface area contributed by atoms with Crippen molar-refractivity contribution in [3.8, 4) is 40.2 Å². The second-order valence-corrected chi connectivity index (χ2v) is 17.5. The molecular weight excluding hydrogens is 1280 g/mol. The van der Waals surface area contributed by atoms with Crippen LogP contribution in [-0.2, 0) is 12.4 Å². The first-order chi connectivity index (χ1) is 38.8. The molecule has 0 bridgehead atoms. The molecule has 0 unspecified atom stereocenters. The zero-order valence-electron chi connectivity index (χ0n) is 40.1. The van der Waals surface area contributed by atoms with E-state index in [-0.39, 0.29) is 56.1 Å². The van der Waals surface area contributed by atoms with Crippen molar-refractivity contribution in [1.82, 2.24) is 28.1 Å². The highest BCUT2D eigenvalue weighted by Crippen LogP contribution is 2.37. The maximum Gasteiger partial charge on any atom is 0.419 e. The summed E-state index contributed by atoms with van der Waals surface area (Å²) >= 11 is 4.87. The van der Waals surface area contributed by atoms with Gasteiger partial charge in [0.1, 0.15) is 93.1 Å². The lowest BCUT2D eigenvalue weighted by Gasteiger charge is -2.10. The number of nitrogens with two attached hydrogens (primary N) is 5. The number of hydrogen-bond donors (Lipinski definition) is 6. The summed E-state index contributed by atoms with van der Waals surface area (Å²) in [7, 11) is 0. The summed E-state index contributed by atoms with van der Waals surface area (Å²) in [6.45, 7) is 0. The van der Waals surface area contributed by atoms with E-state index >= 15 is 0 Å². The van der Waals surface area contributed by atoms with Crippen LogP contribution in [0.2, 0.25) is 0 Å². The number of rotatable bonds is 5. The Kier molecular flexibility index (Phi) is 23.4. The summed E-state index contributed by atoms with van der Waals surface area (Å²) in [6.07, 6.45) is -9.75. The third-order valence-electron chi connectivity index (χ3n) is 9.34. The van der Waals surface area contributed by atoms with E-state index in [1.54, 1.807) is 0 Å². The van der Waals surface area contributed by atoms with E-state index in [0.717, 1.165) is 60.1 Å². The highest BCUT2D eigenvalue weighted by Gasteiger charge is 2.37. The number of nitriles is 1. The third kappa shape index (κ3) is 18.0. The van der Waals surface area contributed by atoms with Gasteiger partial charge in [0, 0.05) is 34.6 Å². The second kappa shape index (κ2) is 29.2. The summed E-state index contributed by atoms with van der Waals surface area (Å²) in [4.78, 5) is 10.7. The Morgan fingerprint density at radius 1 is 0.482 bits per heavy atom. The first-order valence-corrected chi connectivity index (χ1v) is 24.2. The van der Waals surface area contributed by atoms with E-state index in [2.05, 4.69) is 48.2 Å². The Balaban J connectivity index is 0.000000217. The van der Waals surface area contributed by atoms with E-state index in [9.17, 15) is 79.0 Å². The lowest BCUT2D eigenvalue weighted by atomic mass is 10.1. The summed E-state index contributed by atoms with van der Waals surface area (Å²) in [5.74, 6) is -13.5. The van der Waals surface area contributed by atoms with Gasteiger partial charge in [-0.1, -0.05) is 24.3 Å². The van der Waals surface area contributed by atoms with Crippen molar-refractivity contribution in [2.45, 2.75) is 12.4 Å². The second-order valence-electron chi connectivity index (χ2n) is 14.8. The monoisotopic (exact) mass is 1300 g/mol. The van der Waals surface area contributed by atoms with Crippen molar-refractivity contribution in [3.63, 3.8) is 0 Å². The van der Waals surface area contributed by atoms with Gasteiger partial charge in [0.25, 0.3) is 0 Å². The first kappa shape index (κ1) is 66.6. The number of aromatic nitrogens is 6. The standard InChI is InChI=1S/2C9H4F5N3S.C8H5F2N3S.C7H5BrF2N2.C7H6F2N2.C7H3F2N/c10-4-1-3(9(12,13)14)2-5(11)6(4)7-16-8(15)18-17-7;10-4-2-1-3(9(12,13)14)6(11)5(4)7-16-8(15)18-17-7;9-4-2-1-3-5(10)6(4)7-12-8(11)14-13-7;8-12-7(11)6-4(9)2-1-3-5(6)10;8-4-2-1-3-5(9)6(4)7(10)11;8-6-2-1-3-7(9)5(6)4-10/h2*1-2H,(H2,15,16,17);1-3H,(H2,11,12,13);1-3H,(H2,11,12);1-3H,(H3,10,11);1-3H. The normalized spacial score (nSPS) is 10.9. The number of anilines is 3. The fourth-order valence-electron chi connectivity index (χ4n) is 5.79. The molecule has 0 amide bonds. The molecule has 14 nitrogen and oxygen atoms in total. The Hall–Kier alpha value is -8.95. The number of halogens is 19. The lowest BCUT2D eigenvalue weighted by Crippen LogP contribution is -2.16. The van der Waals surface area contributed by atoms with Crippen LogP contribution in [0.3, 0.4) is 0 Å². The van der Waals surface area contributed by atoms with Crippen LogP contribution >= 0.6 is 50.7 Å². The van der Waals surface area contributed by atoms with Gasteiger partial charge < -0.3 is 28.7 Å². The number of amidine groups is 2. The van der Waals surface area contributed by atoms with Gasteiger partial charge in [-0.2, -0.15) is 63.7 Å². The minimum Gasteiger partial charge on any atom is -0.384 e. The fraction of sp³-hybridized carbons (Fsp3) is 0.0426. The van der Waals surface area contributed by atoms with Crippen molar-refractivity contribution in [2.24, 2.45) is 15.5 Å². The Morgan fingerprint density at radius 2 is 0.819 bits per heavy atom. The molecule has 0 saturated carbocycles. The van der Waals surface area contributed by atoms with E-state index < -0.39 is 127 Å². The molecule has 9 aromatic rings. The van der Waals surface area contributed by atoms with Crippen molar-refractivity contribution in [3.05, 3.63) is 195 Å². The molecule has 0 saturated heterocycles. The number of nitrogens with zero attached hydrogens (tertiary/aromatic N) is 8. The fourth-order valence-corrected chi connectivity index (χ4v) is 7.29. The van der Waals surface area contributed by atoms with E-state index in [4.69, 9.17) is 39.3 Å². The molecule has 0 aliphatic carbocycles. The first-order valence-electron chi connectivity index (χ1n) is 21.2. The molecule has 0 fully saturated rings. The summed E-state index contributed by atoms with van der Waals surface area (Å²) in [5.41, 5.74) is 19.7. The lowest BCUT2D eigenvalue weighted by molar-refractivity contribution is -0.140. The van der Waals surface area contributed by atoms with E-state index in [1.165, 1.54) is 30.3 Å². The van der Waals surface area contributed by atoms with Crippen LogP contribution < -0.4 is 28.7 Å². The van der Waals surface area contributed by atoms with Crippen molar-refractivity contribution >= 4 is 77.8 Å². The zero-order chi connectivity index (χ0) is 62.3. The molecule has 0 aliphatic rings. The summed E-state index contributed by atoms with van der Waals surface area (Å²) < 4.78 is 245. The minimum atomic E-state index is -4.92. The zero-order valence-corrected chi connectivity index (χ0v) is 44.1. The number of benzene rings is 6. The van der Waals surface area contributed by atoms with Crippen LogP contribution in [-0.4, -0.2) is 39.7 Å². The SMILES string of the molecule is N#Cc1c(F)cccc1F.N=C(N)c1c(F)cccc1F.NC(=NBr)c1c(F)cccc1F.Nc1nc(-c2c(F)cc(C(F)(F)F)cc2F)ns1.Nc1nc(-c2c(F)ccc(C(F)(F)F)c2F)ns1.Nc1nc(-c2c(F)cccc2F)ns1. The van der Waals surface area contributed by atoms with Crippen LogP contribution in [0.1, 0.15) is 27.8 Å². The molecule has 9 rings (SSSR count). The van der Waals surface area contributed by atoms with Crippen LogP contribution in [0, 0.1) is 86.5 Å². The molecule has 436 valence electrons. The largest absolute Gasteiger partial charge is 0.419 e. The smallest absolute Gasteiger partial charge is 0.384 e. The molecule has 0 atom stereocenters. The van der Waals surface area contributed by atoms with Gasteiger partial charge in [0.15, 0.2) is 32.9 Å². The van der Waals surface area contributed by atoms with Crippen LogP contribution in [0.25, 0.3) is 34.2 Å². The van der Waals surface area contributed by atoms with Crippen LogP contribution in [0.5, 0.6) is 0 Å². The van der Waals surface area contributed by atoms with Crippen LogP contribution in [0.4, 0.5) is 94.4 Å². The average Bonchev–Trinajstić information content (AvgIpc) is 4.39. The molecule has 3 aromatic heterocycles. The van der Waals surface area contributed by atoms with Crippen molar-refractivity contribution in [1.29, 1.82) is 10.7 Å². The number of nitrogens with one attached hydrogen (secondary N) is 1. The van der Waals surface area contributed by atoms with Crippen molar-refractivity contribution < 1.29 is 79.0 Å². The topological polar surface area (TPSA) is 267 Å². The maximum atomic E-state index is 13.6. The van der Waals surface area contributed by atoms with Gasteiger partial charge in [-0.3, -0.25) is 5.41 Å². The predicted octanol–water partition coefficient (Wildman–Crippen LogP) is 13.3.